The lowest BCUT2D eigenvalue weighted by Gasteiger charge is -1.97. The third-order valence-electron chi connectivity index (χ3n) is 4.02. The van der Waals surface area contributed by atoms with E-state index in [0.717, 1.165) is 0 Å². The summed E-state index contributed by atoms with van der Waals surface area (Å²) in [4.78, 5) is 1.36. The Morgan fingerprint density at radius 1 is 0.905 bits per heavy atom. The first kappa shape index (κ1) is 12.2. The second kappa shape index (κ2) is 4.54. The molecule has 1 aromatic carbocycles. The van der Waals surface area contributed by atoms with Crippen molar-refractivity contribution >= 4 is 65.6 Å². The Kier molecular flexibility index (Phi) is 2.63. The summed E-state index contributed by atoms with van der Waals surface area (Å²) < 4.78 is 5.87. The molecule has 102 valence electrons. The van der Waals surface area contributed by atoms with Crippen LogP contribution in [0.1, 0.15) is 12.8 Å². The fraction of sp³-hybridized carbons (Fsp3) is 0.111. The third-order valence-corrected chi connectivity index (χ3v) is 7.49. The van der Waals surface area contributed by atoms with Gasteiger partial charge in [-0.15, -0.1) is 34.0 Å². The molecule has 4 aromatic rings. The van der Waals surface area contributed by atoms with Crippen molar-refractivity contribution in [1.29, 1.82) is 0 Å². The monoisotopic (exact) mass is 324 g/mol. The fourth-order valence-electron chi connectivity index (χ4n) is 3.01. The van der Waals surface area contributed by atoms with Crippen LogP contribution >= 0.6 is 34.0 Å². The van der Waals surface area contributed by atoms with Gasteiger partial charge in [-0.3, -0.25) is 0 Å². The molecule has 0 bridgehead atoms. The number of hydrogen-bond acceptors (Lipinski definition) is 3. The first-order valence-corrected chi connectivity index (χ1v) is 9.61. The van der Waals surface area contributed by atoms with Crippen molar-refractivity contribution in [3.8, 4) is 10.4 Å². The largest absolute Gasteiger partial charge is 0.144 e. The number of thiophene rings is 3. The number of fused-ring (bicyclic) bond motifs is 5. The third kappa shape index (κ3) is 1.78. The molecule has 0 spiro atoms. The minimum absolute atomic E-state index is 1.19. The lowest BCUT2D eigenvalue weighted by atomic mass is 10.1. The quantitative estimate of drug-likeness (QED) is 0.451. The average molecular weight is 324 g/mol. The van der Waals surface area contributed by atoms with Crippen molar-refractivity contribution in [2.75, 3.05) is 0 Å². The van der Waals surface area contributed by atoms with Gasteiger partial charge in [0.15, 0.2) is 0 Å². The molecule has 0 saturated carbocycles. The van der Waals surface area contributed by atoms with E-state index in [2.05, 4.69) is 47.9 Å². The summed E-state index contributed by atoms with van der Waals surface area (Å²) in [5.74, 6) is 0. The van der Waals surface area contributed by atoms with Crippen LogP contribution in [0.15, 0.2) is 35.7 Å². The molecule has 0 fully saturated rings. The summed E-state index contributed by atoms with van der Waals surface area (Å²) in [6, 6.07) is 11.3. The SMILES string of the molecule is C1=c2sc3c(sc4cc(-c5cccs5)ccc43)c2=CCC1. The highest BCUT2D eigenvalue weighted by Crippen LogP contribution is 2.37. The minimum Gasteiger partial charge on any atom is -0.144 e. The molecule has 0 atom stereocenters. The van der Waals surface area contributed by atoms with E-state index in [1.807, 2.05) is 34.0 Å². The second-order valence-corrected chi connectivity index (χ2v) is 8.37. The Labute approximate surface area is 134 Å². The van der Waals surface area contributed by atoms with Gasteiger partial charge >= 0.3 is 0 Å². The van der Waals surface area contributed by atoms with Gasteiger partial charge in [0, 0.05) is 24.7 Å². The zero-order valence-corrected chi connectivity index (χ0v) is 13.7. The molecule has 3 heterocycles. The van der Waals surface area contributed by atoms with Gasteiger partial charge in [0.25, 0.3) is 0 Å². The molecule has 0 saturated heterocycles. The molecule has 0 unspecified atom stereocenters. The van der Waals surface area contributed by atoms with Crippen molar-refractivity contribution in [3.05, 3.63) is 45.5 Å². The van der Waals surface area contributed by atoms with Gasteiger partial charge < -0.3 is 0 Å². The van der Waals surface area contributed by atoms with Crippen LogP contribution in [0.2, 0.25) is 0 Å². The molecule has 1 aliphatic rings. The molecule has 0 aliphatic heterocycles. The van der Waals surface area contributed by atoms with Crippen molar-refractivity contribution in [2.24, 2.45) is 0 Å². The van der Waals surface area contributed by atoms with E-state index in [1.165, 1.54) is 52.5 Å². The molecular formula is C18H12S3. The zero-order valence-electron chi connectivity index (χ0n) is 11.3. The Morgan fingerprint density at radius 3 is 2.76 bits per heavy atom. The van der Waals surface area contributed by atoms with Gasteiger partial charge in [0.1, 0.15) is 0 Å². The Morgan fingerprint density at radius 2 is 1.86 bits per heavy atom. The van der Waals surface area contributed by atoms with E-state index in [0.29, 0.717) is 0 Å². The molecule has 0 N–H and O–H groups in total. The standard InChI is InChI=1S/C18H12S3/c1-2-5-15-12(4-1)17-18(20-15)13-8-7-11(10-16(13)21-17)14-6-3-9-19-14/h3-10H,1-2H2. The summed E-state index contributed by atoms with van der Waals surface area (Å²) >= 11 is 5.74. The number of rotatable bonds is 1. The van der Waals surface area contributed by atoms with Crippen LogP contribution in [-0.4, -0.2) is 0 Å². The highest BCUT2D eigenvalue weighted by atomic mass is 32.1. The Bertz CT molecular complexity index is 1080. The normalized spacial score (nSPS) is 14.1. The van der Waals surface area contributed by atoms with E-state index >= 15 is 0 Å². The van der Waals surface area contributed by atoms with Crippen LogP contribution in [0.5, 0.6) is 0 Å². The molecule has 0 amide bonds. The maximum Gasteiger partial charge on any atom is 0.0541 e. The van der Waals surface area contributed by atoms with Crippen LogP contribution < -0.4 is 9.75 Å². The van der Waals surface area contributed by atoms with Crippen LogP contribution in [0.25, 0.3) is 42.1 Å². The van der Waals surface area contributed by atoms with Gasteiger partial charge in [0.05, 0.1) is 9.40 Å². The highest BCUT2D eigenvalue weighted by Gasteiger charge is 2.12. The van der Waals surface area contributed by atoms with Gasteiger partial charge in [-0.2, -0.15) is 0 Å². The summed E-state index contributed by atoms with van der Waals surface area (Å²) in [5, 5.41) is 5.06. The number of benzene rings is 1. The summed E-state index contributed by atoms with van der Waals surface area (Å²) in [6.45, 7) is 0. The van der Waals surface area contributed by atoms with E-state index in [9.17, 15) is 0 Å². The second-order valence-electron chi connectivity index (χ2n) is 5.31. The molecule has 3 heteroatoms. The van der Waals surface area contributed by atoms with Crippen LogP contribution in [0.4, 0.5) is 0 Å². The lowest BCUT2D eigenvalue weighted by molar-refractivity contribution is 1.13. The molecular weight excluding hydrogens is 312 g/mol. The van der Waals surface area contributed by atoms with E-state index < -0.39 is 0 Å². The smallest absolute Gasteiger partial charge is 0.0541 e. The van der Waals surface area contributed by atoms with Gasteiger partial charge in [-0.05, 0) is 35.9 Å². The van der Waals surface area contributed by atoms with Gasteiger partial charge in [-0.25, -0.2) is 0 Å². The van der Waals surface area contributed by atoms with E-state index in [-0.39, 0.29) is 0 Å². The number of hydrogen-bond donors (Lipinski definition) is 0. The predicted molar refractivity (Wildman–Crippen MR) is 97.9 cm³/mol. The van der Waals surface area contributed by atoms with E-state index in [4.69, 9.17) is 0 Å². The van der Waals surface area contributed by atoms with Crippen molar-refractivity contribution < 1.29 is 0 Å². The molecule has 0 nitrogen and oxygen atoms in total. The van der Waals surface area contributed by atoms with Crippen LogP contribution in [0.3, 0.4) is 0 Å². The highest BCUT2D eigenvalue weighted by molar-refractivity contribution is 7.32. The maximum atomic E-state index is 2.42. The first-order chi connectivity index (χ1) is 10.4. The van der Waals surface area contributed by atoms with Crippen LogP contribution in [0, 0.1) is 0 Å². The molecule has 1 aliphatic carbocycles. The van der Waals surface area contributed by atoms with Crippen LogP contribution in [-0.2, 0) is 0 Å². The zero-order chi connectivity index (χ0) is 13.8. The molecule has 3 aromatic heterocycles. The average Bonchev–Trinajstić information content (AvgIpc) is 3.22. The maximum absolute atomic E-state index is 2.42. The topological polar surface area (TPSA) is 0 Å². The van der Waals surface area contributed by atoms with Crippen molar-refractivity contribution in [2.45, 2.75) is 12.8 Å². The molecule has 21 heavy (non-hydrogen) atoms. The lowest BCUT2D eigenvalue weighted by Crippen LogP contribution is -2.20. The van der Waals surface area contributed by atoms with Crippen molar-refractivity contribution in [1.82, 2.24) is 0 Å². The molecule has 5 rings (SSSR count). The Balaban J connectivity index is 1.85. The first-order valence-electron chi connectivity index (χ1n) is 7.09. The summed E-state index contributed by atoms with van der Waals surface area (Å²) in [6.07, 6.45) is 7.21. The van der Waals surface area contributed by atoms with Gasteiger partial charge in [0.2, 0.25) is 0 Å². The molecule has 0 radical (unpaired) electrons. The van der Waals surface area contributed by atoms with E-state index in [1.54, 1.807) is 0 Å². The Hall–Kier alpha value is -1.42. The minimum atomic E-state index is 1.19. The van der Waals surface area contributed by atoms with Gasteiger partial charge in [-0.1, -0.05) is 30.4 Å². The summed E-state index contributed by atoms with van der Waals surface area (Å²) in [7, 11) is 0. The van der Waals surface area contributed by atoms with Crippen molar-refractivity contribution in [3.63, 3.8) is 0 Å². The predicted octanol–water partition coefficient (Wildman–Crippen LogP) is 5.20. The fourth-order valence-corrected chi connectivity index (χ4v) is 6.51. The summed E-state index contributed by atoms with van der Waals surface area (Å²) in [5.41, 5.74) is 1.34.